The second-order valence-electron chi connectivity index (χ2n) is 5.00. The molecule has 2 aromatic carbocycles. The van der Waals surface area contributed by atoms with E-state index in [-0.39, 0.29) is 22.8 Å². The standard InChI is InChI=1S/C15H17N3O4S/c16-13-7-6-12(8-14(13)17)23(21,22)10-18(15(19)20)9-11-4-2-1-3-5-11/h1-8H,9-10,16-17H2,(H,19,20). The molecule has 0 aliphatic carbocycles. The molecular formula is C15H17N3O4S. The molecule has 2 rings (SSSR count). The van der Waals surface area contributed by atoms with Crippen molar-refractivity contribution in [3.8, 4) is 0 Å². The van der Waals surface area contributed by atoms with Crippen LogP contribution >= 0.6 is 0 Å². The van der Waals surface area contributed by atoms with Gasteiger partial charge in [-0.3, -0.25) is 4.90 Å². The number of sulfone groups is 1. The molecule has 0 saturated carbocycles. The van der Waals surface area contributed by atoms with E-state index in [1.165, 1.54) is 18.2 Å². The summed E-state index contributed by atoms with van der Waals surface area (Å²) < 4.78 is 24.8. The van der Waals surface area contributed by atoms with Gasteiger partial charge < -0.3 is 16.6 Å². The topological polar surface area (TPSA) is 127 Å². The molecule has 7 nitrogen and oxygen atoms in total. The van der Waals surface area contributed by atoms with Crippen LogP contribution in [0.3, 0.4) is 0 Å². The Kier molecular flexibility index (Phi) is 4.75. The third-order valence-electron chi connectivity index (χ3n) is 3.23. The van der Waals surface area contributed by atoms with Crippen molar-refractivity contribution in [2.75, 3.05) is 17.3 Å². The Hall–Kier alpha value is -2.74. The fourth-order valence-electron chi connectivity index (χ4n) is 2.00. The summed E-state index contributed by atoms with van der Waals surface area (Å²) in [5.74, 6) is -0.666. The van der Waals surface area contributed by atoms with Crippen LogP contribution in [0.25, 0.3) is 0 Å². The number of anilines is 2. The van der Waals surface area contributed by atoms with Gasteiger partial charge in [0.15, 0.2) is 9.84 Å². The number of nitrogens with zero attached hydrogens (tertiary/aromatic N) is 1. The molecule has 0 atom stereocenters. The number of rotatable bonds is 5. The fraction of sp³-hybridized carbons (Fsp3) is 0.133. The molecule has 5 N–H and O–H groups in total. The van der Waals surface area contributed by atoms with Crippen molar-refractivity contribution in [2.45, 2.75) is 11.4 Å². The maximum absolute atomic E-state index is 12.4. The van der Waals surface area contributed by atoms with Gasteiger partial charge >= 0.3 is 6.09 Å². The van der Waals surface area contributed by atoms with Crippen LogP contribution < -0.4 is 11.5 Å². The van der Waals surface area contributed by atoms with E-state index in [2.05, 4.69) is 0 Å². The van der Waals surface area contributed by atoms with E-state index in [9.17, 15) is 18.3 Å². The van der Waals surface area contributed by atoms with E-state index in [1.807, 2.05) is 0 Å². The molecule has 0 aliphatic heterocycles. The van der Waals surface area contributed by atoms with E-state index >= 15 is 0 Å². The maximum atomic E-state index is 12.4. The van der Waals surface area contributed by atoms with Crippen molar-refractivity contribution < 1.29 is 18.3 Å². The van der Waals surface area contributed by atoms with Gasteiger partial charge in [0, 0.05) is 0 Å². The zero-order valence-electron chi connectivity index (χ0n) is 12.2. The Labute approximate surface area is 134 Å². The number of carboxylic acid groups (broad SMARTS) is 1. The molecule has 0 unspecified atom stereocenters. The molecule has 23 heavy (non-hydrogen) atoms. The van der Waals surface area contributed by atoms with Crippen LogP contribution in [-0.4, -0.2) is 30.4 Å². The average Bonchev–Trinajstić information content (AvgIpc) is 2.50. The fourth-order valence-corrected chi connectivity index (χ4v) is 3.34. The highest BCUT2D eigenvalue weighted by Gasteiger charge is 2.23. The smallest absolute Gasteiger partial charge is 0.408 e. The van der Waals surface area contributed by atoms with Gasteiger partial charge in [-0.2, -0.15) is 0 Å². The van der Waals surface area contributed by atoms with Gasteiger partial charge in [-0.15, -0.1) is 0 Å². The maximum Gasteiger partial charge on any atom is 0.408 e. The van der Waals surface area contributed by atoms with Crippen molar-refractivity contribution in [2.24, 2.45) is 0 Å². The van der Waals surface area contributed by atoms with Crippen LogP contribution in [-0.2, 0) is 16.4 Å². The molecule has 0 fully saturated rings. The molecule has 0 bridgehead atoms. The first-order chi connectivity index (χ1) is 10.8. The molecule has 0 aliphatic rings. The Morgan fingerprint density at radius 1 is 1.04 bits per heavy atom. The van der Waals surface area contributed by atoms with Crippen molar-refractivity contribution in [1.29, 1.82) is 0 Å². The second-order valence-corrected chi connectivity index (χ2v) is 6.96. The minimum absolute atomic E-state index is 0.0279. The predicted octanol–water partition coefficient (Wildman–Crippen LogP) is 1.76. The summed E-state index contributed by atoms with van der Waals surface area (Å²) in [4.78, 5) is 12.1. The van der Waals surface area contributed by atoms with Crippen molar-refractivity contribution in [3.63, 3.8) is 0 Å². The summed E-state index contributed by atoms with van der Waals surface area (Å²) in [5, 5.41) is 9.26. The predicted molar refractivity (Wildman–Crippen MR) is 87.3 cm³/mol. The number of nitrogen functional groups attached to an aromatic ring is 2. The zero-order valence-corrected chi connectivity index (χ0v) is 13.0. The first-order valence-electron chi connectivity index (χ1n) is 6.69. The summed E-state index contributed by atoms with van der Waals surface area (Å²) in [5.41, 5.74) is 12.3. The first-order valence-corrected chi connectivity index (χ1v) is 8.34. The van der Waals surface area contributed by atoms with E-state index < -0.39 is 21.8 Å². The number of nitrogens with two attached hydrogens (primary N) is 2. The van der Waals surface area contributed by atoms with Crippen LogP contribution in [0.1, 0.15) is 5.56 Å². The molecule has 0 saturated heterocycles. The summed E-state index contributed by atoms with van der Waals surface area (Å²) in [6, 6.07) is 12.7. The molecule has 0 radical (unpaired) electrons. The lowest BCUT2D eigenvalue weighted by molar-refractivity contribution is 0.150. The van der Waals surface area contributed by atoms with E-state index in [0.717, 1.165) is 4.90 Å². The van der Waals surface area contributed by atoms with E-state index in [4.69, 9.17) is 11.5 Å². The normalized spacial score (nSPS) is 11.1. The van der Waals surface area contributed by atoms with Gasteiger partial charge in [0.05, 0.1) is 22.8 Å². The number of amides is 1. The number of carbonyl (C=O) groups is 1. The summed E-state index contributed by atoms with van der Waals surface area (Å²) >= 11 is 0. The monoisotopic (exact) mass is 335 g/mol. The Morgan fingerprint density at radius 3 is 2.26 bits per heavy atom. The van der Waals surface area contributed by atoms with Crippen LogP contribution in [0.2, 0.25) is 0 Å². The Balaban J connectivity index is 2.24. The zero-order chi connectivity index (χ0) is 17.0. The summed E-state index contributed by atoms with van der Waals surface area (Å²) in [7, 11) is -3.85. The molecule has 2 aromatic rings. The van der Waals surface area contributed by atoms with Crippen molar-refractivity contribution in [3.05, 3.63) is 54.1 Å². The molecule has 0 aromatic heterocycles. The van der Waals surface area contributed by atoms with Crippen molar-refractivity contribution in [1.82, 2.24) is 4.90 Å². The number of benzene rings is 2. The van der Waals surface area contributed by atoms with Gasteiger partial charge in [-0.05, 0) is 23.8 Å². The van der Waals surface area contributed by atoms with Crippen molar-refractivity contribution >= 4 is 27.3 Å². The Bertz CT molecular complexity index is 807. The van der Waals surface area contributed by atoms with Crippen LogP contribution in [0.5, 0.6) is 0 Å². The Morgan fingerprint density at radius 2 is 1.70 bits per heavy atom. The molecule has 8 heteroatoms. The lowest BCUT2D eigenvalue weighted by Crippen LogP contribution is -2.34. The molecule has 122 valence electrons. The molecule has 0 heterocycles. The summed E-state index contributed by atoms with van der Waals surface area (Å²) in [6.07, 6.45) is -1.32. The van der Waals surface area contributed by atoms with Gasteiger partial charge in [0.25, 0.3) is 0 Å². The van der Waals surface area contributed by atoms with E-state index in [0.29, 0.717) is 5.56 Å². The minimum Gasteiger partial charge on any atom is -0.465 e. The summed E-state index contributed by atoms with van der Waals surface area (Å²) in [6.45, 7) is -0.0279. The minimum atomic E-state index is -3.85. The molecule has 0 spiro atoms. The highest BCUT2D eigenvalue weighted by atomic mass is 32.2. The van der Waals surface area contributed by atoms with Crippen LogP contribution in [0, 0.1) is 0 Å². The quantitative estimate of drug-likeness (QED) is 0.715. The van der Waals surface area contributed by atoms with Gasteiger partial charge in [0.1, 0.15) is 5.88 Å². The second kappa shape index (κ2) is 6.57. The SMILES string of the molecule is Nc1ccc(S(=O)(=O)CN(Cc2ccccc2)C(=O)O)cc1N. The van der Waals surface area contributed by atoms with Gasteiger partial charge in [-0.25, -0.2) is 13.2 Å². The lowest BCUT2D eigenvalue weighted by atomic mass is 10.2. The van der Waals surface area contributed by atoms with E-state index in [1.54, 1.807) is 30.3 Å². The average molecular weight is 335 g/mol. The molecule has 1 amide bonds. The first kappa shape index (κ1) is 16.6. The highest BCUT2D eigenvalue weighted by molar-refractivity contribution is 7.91. The highest BCUT2D eigenvalue weighted by Crippen LogP contribution is 2.21. The molecular weight excluding hydrogens is 318 g/mol. The largest absolute Gasteiger partial charge is 0.465 e. The number of hydrogen-bond acceptors (Lipinski definition) is 5. The lowest BCUT2D eigenvalue weighted by Gasteiger charge is -2.19. The third kappa shape index (κ3) is 4.13. The van der Waals surface area contributed by atoms with Crippen LogP contribution in [0.15, 0.2) is 53.4 Å². The third-order valence-corrected chi connectivity index (χ3v) is 4.85. The van der Waals surface area contributed by atoms with Gasteiger partial charge in [-0.1, -0.05) is 30.3 Å². The van der Waals surface area contributed by atoms with Crippen LogP contribution in [0.4, 0.5) is 16.2 Å². The van der Waals surface area contributed by atoms with Gasteiger partial charge in [0.2, 0.25) is 0 Å². The number of hydrogen-bond donors (Lipinski definition) is 3.